The number of nitrogens with one attached hydrogen (secondary N) is 3. The van der Waals surface area contributed by atoms with Crippen molar-refractivity contribution in [2.45, 2.75) is 24.8 Å². The summed E-state index contributed by atoms with van der Waals surface area (Å²) in [6.45, 7) is 3.50. The first-order valence-corrected chi connectivity index (χ1v) is 9.83. The second kappa shape index (κ2) is 7.11. The van der Waals surface area contributed by atoms with Gasteiger partial charge in [0.25, 0.3) is 5.91 Å². The molecule has 0 unspecified atom stereocenters. The van der Waals surface area contributed by atoms with Crippen molar-refractivity contribution in [1.29, 1.82) is 0 Å². The van der Waals surface area contributed by atoms with Crippen LogP contribution in [-0.4, -0.2) is 25.4 Å². The Morgan fingerprint density at radius 2 is 1.77 bits per heavy atom. The molecule has 0 saturated carbocycles. The number of benzene rings is 2. The van der Waals surface area contributed by atoms with Crippen LogP contribution in [0, 0.1) is 0 Å². The van der Waals surface area contributed by atoms with Crippen LogP contribution in [0.2, 0.25) is 5.02 Å². The number of halogens is 1. The molecule has 0 radical (unpaired) electrons. The van der Waals surface area contributed by atoms with Gasteiger partial charge in [0.1, 0.15) is 5.69 Å². The molecular formula is C18H18ClN3O3S. The Labute approximate surface area is 156 Å². The zero-order chi connectivity index (χ0) is 18.9. The highest BCUT2D eigenvalue weighted by Crippen LogP contribution is 2.21. The van der Waals surface area contributed by atoms with Crippen LogP contribution < -0.4 is 10.0 Å². The van der Waals surface area contributed by atoms with Crippen LogP contribution in [0.3, 0.4) is 0 Å². The van der Waals surface area contributed by atoms with Crippen molar-refractivity contribution in [3.8, 4) is 0 Å². The number of sulfonamides is 1. The number of hydrogen-bond donors (Lipinski definition) is 3. The average Bonchev–Trinajstić information content (AvgIpc) is 2.97. The third kappa shape index (κ3) is 4.07. The molecule has 26 heavy (non-hydrogen) atoms. The van der Waals surface area contributed by atoms with E-state index in [1.54, 1.807) is 50.2 Å². The maximum Gasteiger partial charge on any atom is 0.272 e. The predicted octanol–water partition coefficient (Wildman–Crippen LogP) is 3.76. The molecule has 3 rings (SSSR count). The molecule has 3 N–H and O–H groups in total. The Bertz CT molecular complexity index is 1060. The number of hydrogen-bond acceptors (Lipinski definition) is 3. The number of aromatic nitrogens is 1. The molecule has 3 aromatic rings. The lowest BCUT2D eigenvalue weighted by Crippen LogP contribution is -2.30. The highest BCUT2D eigenvalue weighted by molar-refractivity contribution is 7.89. The topological polar surface area (TPSA) is 91.1 Å². The maximum atomic E-state index is 12.4. The predicted molar refractivity (Wildman–Crippen MR) is 103 cm³/mol. The van der Waals surface area contributed by atoms with Crippen LogP contribution in [-0.2, 0) is 10.0 Å². The number of aromatic amines is 1. The Hall–Kier alpha value is -2.35. The van der Waals surface area contributed by atoms with Crippen LogP contribution in [0.1, 0.15) is 24.3 Å². The van der Waals surface area contributed by atoms with E-state index in [0.29, 0.717) is 16.4 Å². The van der Waals surface area contributed by atoms with Gasteiger partial charge in [-0.15, -0.1) is 0 Å². The molecule has 1 aromatic heterocycles. The first-order valence-electron chi connectivity index (χ1n) is 7.96. The molecule has 8 heteroatoms. The third-order valence-electron chi connectivity index (χ3n) is 3.64. The number of rotatable bonds is 5. The molecule has 0 aliphatic carbocycles. The molecule has 0 saturated heterocycles. The van der Waals surface area contributed by atoms with Gasteiger partial charge in [-0.25, -0.2) is 13.1 Å². The number of amides is 1. The van der Waals surface area contributed by atoms with Gasteiger partial charge in [-0.1, -0.05) is 11.6 Å². The second-order valence-electron chi connectivity index (χ2n) is 6.17. The van der Waals surface area contributed by atoms with Gasteiger partial charge in [-0.05, 0) is 62.4 Å². The lowest BCUT2D eigenvalue weighted by Gasteiger charge is -2.10. The number of anilines is 1. The van der Waals surface area contributed by atoms with Crippen molar-refractivity contribution in [1.82, 2.24) is 9.71 Å². The van der Waals surface area contributed by atoms with Crippen molar-refractivity contribution in [3.05, 3.63) is 59.2 Å². The van der Waals surface area contributed by atoms with E-state index in [0.717, 1.165) is 10.9 Å². The summed E-state index contributed by atoms with van der Waals surface area (Å²) in [6.07, 6.45) is 0. The van der Waals surface area contributed by atoms with E-state index in [2.05, 4.69) is 15.0 Å². The Morgan fingerprint density at radius 3 is 2.42 bits per heavy atom. The minimum atomic E-state index is -3.56. The highest BCUT2D eigenvalue weighted by Gasteiger charge is 2.15. The molecule has 0 fully saturated rings. The summed E-state index contributed by atoms with van der Waals surface area (Å²) in [5.41, 5.74) is 1.69. The summed E-state index contributed by atoms with van der Waals surface area (Å²) in [7, 11) is -3.56. The molecule has 0 atom stereocenters. The van der Waals surface area contributed by atoms with E-state index >= 15 is 0 Å². The average molecular weight is 392 g/mol. The van der Waals surface area contributed by atoms with Gasteiger partial charge in [0.05, 0.1) is 4.90 Å². The molecule has 1 heterocycles. The third-order valence-corrected chi connectivity index (χ3v) is 5.55. The van der Waals surface area contributed by atoms with E-state index in [1.807, 2.05) is 0 Å². The number of carbonyl (C=O) groups excluding carboxylic acids is 1. The van der Waals surface area contributed by atoms with E-state index in [4.69, 9.17) is 11.6 Å². The van der Waals surface area contributed by atoms with Gasteiger partial charge in [-0.3, -0.25) is 4.79 Å². The molecule has 6 nitrogen and oxygen atoms in total. The van der Waals surface area contributed by atoms with Crippen LogP contribution in [0.15, 0.2) is 53.4 Å². The minimum Gasteiger partial charge on any atom is -0.351 e. The van der Waals surface area contributed by atoms with Gasteiger partial charge >= 0.3 is 0 Å². The smallest absolute Gasteiger partial charge is 0.272 e. The van der Waals surface area contributed by atoms with E-state index < -0.39 is 10.0 Å². The van der Waals surface area contributed by atoms with Crippen molar-refractivity contribution >= 4 is 44.1 Å². The number of fused-ring (bicyclic) bond motifs is 1. The SMILES string of the molecule is CC(C)NS(=O)(=O)c1ccc(NC(=O)c2cc3cc(Cl)ccc3[nH]2)cc1. The van der Waals surface area contributed by atoms with Crippen LogP contribution in [0.4, 0.5) is 5.69 Å². The van der Waals surface area contributed by atoms with Gasteiger partial charge in [-0.2, -0.15) is 0 Å². The van der Waals surface area contributed by atoms with E-state index in [-0.39, 0.29) is 16.8 Å². The zero-order valence-electron chi connectivity index (χ0n) is 14.2. The molecule has 136 valence electrons. The fraction of sp³-hybridized carbons (Fsp3) is 0.167. The Balaban J connectivity index is 1.76. The minimum absolute atomic E-state index is 0.143. The molecular weight excluding hydrogens is 374 g/mol. The summed E-state index contributed by atoms with van der Waals surface area (Å²) in [5, 5.41) is 4.16. The van der Waals surface area contributed by atoms with E-state index in [9.17, 15) is 13.2 Å². The Kier molecular flexibility index (Phi) is 5.04. The van der Waals surface area contributed by atoms with Gasteiger partial charge in [0.2, 0.25) is 10.0 Å². The van der Waals surface area contributed by atoms with E-state index in [1.165, 1.54) is 12.1 Å². The molecule has 0 aliphatic rings. The van der Waals surface area contributed by atoms with Gasteiger partial charge in [0.15, 0.2) is 0 Å². The lowest BCUT2D eigenvalue weighted by atomic mass is 10.2. The quantitative estimate of drug-likeness (QED) is 0.618. The molecule has 2 aromatic carbocycles. The second-order valence-corrected chi connectivity index (χ2v) is 8.32. The lowest BCUT2D eigenvalue weighted by molar-refractivity contribution is 0.102. The van der Waals surface area contributed by atoms with Crippen molar-refractivity contribution in [3.63, 3.8) is 0 Å². The Morgan fingerprint density at radius 1 is 1.08 bits per heavy atom. The van der Waals surface area contributed by atoms with Crippen molar-refractivity contribution < 1.29 is 13.2 Å². The fourth-order valence-corrected chi connectivity index (χ4v) is 3.95. The largest absolute Gasteiger partial charge is 0.351 e. The molecule has 0 aliphatic heterocycles. The van der Waals surface area contributed by atoms with Crippen molar-refractivity contribution in [2.75, 3.05) is 5.32 Å². The van der Waals surface area contributed by atoms with Crippen LogP contribution in [0.5, 0.6) is 0 Å². The summed E-state index contributed by atoms with van der Waals surface area (Å²) in [5.74, 6) is -0.326. The molecule has 0 spiro atoms. The molecule has 1 amide bonds. The summed E-state index contributed by atoms with van der Waals surface area (Å²) >= 11 is 5.95. The first-order chi connectivity index (χ1) is 12.2. The normalized spacial score (nSPS) is 11.8. The molecule has 0 bridgehead atoms. The zero-order valence-corrected chi connectivity index (χ0v) is 15.8. The number of carbonyl (C=O) groups is 1. The number of H-pyrrole nitrogens is 1. The monoisotopic (exact) mass is 391 g/mol. The fourth-order valence-electron chi connectivity index (χ4n) is 2.52. The van der Waals surface area contributed by atoms with Crippen LogP contribution >= 0.6 is 11.6 Å². The van der Waals surface area contributed by atoms with Gasteiger partial charge < -0.3 is 10.3 Å². The summed E-state index contributed by atoms with van der Waals surface area (Å²) in [6, 6.07) is 12.8. The standard InChI is InChI=1S/C18H18ClN3O3S/c1-11(2)22-26(24,25)15-6-4-14(5-7-15)20-18(23)17-10-12-9-13(19)3-8-16(12)21-17/h3-11,21-22H,1-2H3,(H,20,23). The summed E-state index contributed by atoms with van der Waals surface area (Å²) < 4.78 is 26.7. The highest BCUT2D eigenvalue weighted by atomic mass is 35.5. The van der Waals surface area contributed by atoms with Gasteiger partial charge in [0, 0.05) is 27.7 Å². The van der Waals surface area contributed by atoms with Crippen LogP contribution in [0.25, 0.3) is 10.9 Å². The summed E-state index contributed by atoms with van der Waals surface area (Å²) in [4.78, 5) is 15.6. The first kappa shape index (κ1) is 18.4. The maximum absolute atomic E-state index is 12.4. The van der Waals surface area contributed by atoms with Crippen molar-refractivity contribution in [2.24, 2.45) is 0 Å².